The molecular weight excluding hydrogens is 539 g/mol. The molecule has 0 saturated heterocycles. The van der Waals surface area contributed by atoms with E-state index in [1.165, 1.54) is 18.2 Å². The summed E-state index contributed by atoms with van der Waals surface area (Å²) in [5.74, 6) is -0.602. The molecule has 7 nitrogen and oxygen atoms in total. The zero-order chi connectivity index (χ0) is 22.9. The smallest absolute Gasteiger partial charge is 0.273 e. The SMILES string of the molecule is [CH3-].[Cl][Ru+3].[NH-]C(c1ccccc1)C([N-]S(=O)(=O)Cc1ccccc1[N+](=O)[O-])c1ccccc1. The third-order valence-corrected chi connectivity index (χ3v) is 5.64. The van der Waals surface area contributed by atoms with Crippen molar-refractivity contribution in [3.05, 3.63) is 130 Å². The molecule has 0 aliphatic carbocycles. The molecule has 0 fully saturated rings. The molecule has 3 aromatic carbocycles. The monoisotopic (exact) mass is 561 g/mol. The molecule has 2 unspecified atom stereocenters. The topological polar surface area (TPSA) is 115 Å². The maximum absolute atomic E-state index is 12.8. The van der Waals surface area contributed by atoms with Crippen LogP contribution in [0.3, 0.4) is 0 Å². The van der Waals surface area contributed by atoms with Crippen molar-refractivity contribution >= 4 is 25.4 Å². The maximum Gasteiger partial charge on any atom is 0.273 e. The third-order valence-electron chi connectivity index (χ3n) is 4.42. The van der Waals surface area contributed by atoms with Gasteiger partial charge in [0, 0.05) is 11.6 Å². The number of para-hydroxylation sites is 1. The van der Waals surface area contributed by atoms with Crippen molar-refractivity contribution in [1.29, 1.82) is 0 Å². The second kappa shape index (κ2) is 13.4. The van der Waals surface area contributed by atoms with Gasteiger partial charge < -0.3 is 17.9 Å². The largest absolute Gasteiger partial charge is 0.672 e. The minimum Gasteiger partial charge on any atom is -0.672 e. The normalized spacial score (nSPS) is 12.4. The average molecular weight is 561 g/mol. The number of hydrogen-bond donors (Lipinski definition) is 0. The molecule has 0 bridgehead atoms. The predicted octanol–water partition coefficient (Wildman–Crippen LogP) is 6.47. The molecule has 1 N–H and O–H groups in total. The fourth-order valence-corrected chi connectivity index (χ4v) is 4.33. The van der Waals surface area contributed by atoms with E-state index in [0.29, 0.717) is 11.1 Å². The number of nitrogens with zero attached hydrogens (tertiary/aromatic N) is 2. The number of sulfonamides is 1. The van der Waals surface area contributed by atoms with Crippen LogP contribution in [0.15, 0.2) is 84.9 Å². The van der Waals surface area contributed by atoms with Crippen LogP contribution in [-0.4, -0.2) is 13.3 Å². The molecule has 3 aromatic rings. The van der Waals surface area contributed by atoms with Gasteiger partial charge in [0.15, 0.2) is 0 Å². The van der Waals surface area contributed by atoms with E-state index in [1.54, 1.807) is 60.7 Å². The fourth-order valence-electron chi connectivity index (χ4n) is 3.02. The molecular formula is C22H22ClN3O4RuS. The summed E-state index contributed by atoms with van der Waals surface area (Å²) in [6.45, 7) is 0. The van der Waals surface area contributed by atoms with Gasteiger partial charge in [-0.2, -0.15) is 0 Å². The molecule has 0 aliphatic heterocycles. The van der Waals surface area contributed by atoms with Gasteiger partial charge in [-0.3, -0.25) is 10.1 Å². The maximum atomic E-state index is 12.8. The van der Waals surface area contributed by atoms with Gasteiger partial charge in [0.2, 0.25) is 0 Å². The summed E-state index contributed by atoms with van der Waals surface area (Å²) in [5, 5.41) is 11.2. The Balaban J connectivity index is 0.00000166. The standard InChI is InChI=1S/C21H19N3O4S.CH3.ClH.Ru/c22-20(16-9-3-1-4-10-16)21(17-11-5-2-6-12-17)23-29(27,28)15-18-13-7-8-14-19(18)24(25)26;;;/h1-14,20-22H,15H2;1H3;1H;/q-2;-1;;+4/p-1. The van der Waals surface area contributed by atoms with Crippen molar-refractivity contribution in [2.75, 3.05) is 0 Å². The number of halogens is 1. The van der Waals surface area contributed by atoms with Crippen LogP contribution in [0.4, 0.5) is 5.69 Å². The van der Waals surface area contributed by atoms with Crippen LogP contribution in [0.5, 0.6) is 0 Å². The summed E-state index contributed by atoms with van der Waals surface area (Å²) in [6.07, 6.45) is 0. The molecule has 0 amide bonds. The Bertz CT molecular complexity index is 1090. The van der Waals surface area contributed by atoms with Crippen molar-refractivity contribution in [2.45, 2.75) is 17.8 Å². The summed E-state index contributed by atoms with van der Waals surface area (Å²) in [7, 11) is 0.478. The van der Waals surface area contributed by atoms with Crippen LogP contribution in [0.1, 0.15) is 28.8 Å². The van der Waals surface area contributed by atoms with Crippen LogP contribution in [0.25, 0.3) is 10.5 Å². The van der Waals surface area contributed by atoms with Gasteiger partial charge in [-0.1, -0.05) is 90.0 Å². The van der Waals surface area contributed by atoms with Gasteiger partial charge in [-0.05, 0) is 0 Å². The Labute approximate surface area is 202 Å². The van der Waals surface area contributed by atoms with Crippen LogP contribution >= 0.6 is 9.69 Å². The zero-order valence-corrected chi connectivity index (χ0v) is 20.4. The van der Waals surface area contributed by atoms with Crippen molar-refractivity contribution in [3.8, 4) is 0 Å². The molecule has 10 heteroatoms. The minimum absolute atomic E-state index is 0. The van der Waals surface area contributed by atoms with Gasteiger partial charge in [0.1, 0.15) is 0 Å². The molecule has 2 atom stereocenters. The quantitative estimate of drug-likeness (QED) is 0.136. The molecule has 0 heterocycles. The first kappa shape index (κ1) is 27.9. The number of benzene rings is 3. The van der Waals surface area contributed by atoms with E-state index >= 15 is 0 Å². The summed E-state index contributed by atoms with van der Waals surface area (Å²) >= 11 is 1.82. The fraction of sp³-hybridized carbons (Fsp3) is 0.136. The van der Waals surface area contributed by atoms with Crippen molar-refractivity contribution in [3.63, 3.8) is 0 Å². The van der Waals surface area contributed by atoms with E-state index in [9.17, 15) is 18.5 Å². The van der Waals surface area contributed by atoms with Crippen LogP contribution < -0.4 is 0 Å². The van der Waals surface area contributed by atoms with Crippen molar-refractivity contribution in [2.24, 2.45) is 0 Å². The second-order valence-corrected chi connectivity index (χ2v) is 8.12. The Kier molecular flexibility index (Phi) is 11.7. The number of rotatable bonds is 8. The number of nitro groups is 1. The number of nitro benzene ring substituents is 1. The Morgan fingerprint density at radius 3 is 1.91 bits per heavy atom. The first-order valence-electron chi connectivity index (χ1n) is 8.99. The first-order valence-corrected chi connectivity index (χ1v) is 12.8. The van der Waals surface area contributed by atoms with E-state index in [1.807, 2.05) is 23.4 Å². The Morgan fingerprint density at radius 2 is 1.38 bits per heavy atom. The molecule has 32 heavy (non-hydrogen) atoms. The van der Waals surface area contributed by atoms with E-state index in [-0.39, 0.29) is 18.7 Å². The van der Waals surface area contributed by atoms with E-state index < -0.39 is 32.8 Å². The molecule has 0 saturated carbocycles. The third kappa shape index (κ3) is 7.76. The van der Waals surface area contributed by atoms with Crippen LogP contribution in [-0.2, 0) is 33.1 Å². The predicted molar refractivity (Wildman–Crippen MR) is 124 cm³/mol. The second-order valence-electron chi connectivity index (χ2n) is 6.46. The van der Waals surface area contributed by atoms with E-state index in [4.69, 9.17) is 5.73 Å². The van der Waals surface area contributed by atoms with E-state index in [2.05, 4.69) is 14.4 Å². The average Bonchev–Trinajstić information content (AvgIpc) is 2.79. The van der Waals surface area contributed by atoms with Crippen LogP contribution in [0.2, 0.25) is 0 Å². The number of nitrogens with one attached hydrogen (secondary N) is 1. The molecule has 0 aromatic heterocycles. The molecule has 0 spiro atoms. The van der Waals surface area contributed by atoms with Gasteiger partial charge in [-0.25, -0.2) is 8.42 Å². The van der Waals surface area contributed by atoms with Gasteiger partial charge in [-0.15, -0.1) is 12.1 Å². The van der Waals surface area contributed by atoms with Gasteiger partial charge in [0.05, 0.1) is 20.7 Å². The summed E-state index contributed by atoms with van der Waals surface area (Å²) in [5.41, 5.74) is 9.62. The number of hydrogen-bond acceptors (Lipinski definition) is 4. The zero-order valence-electron chi connectivity index (χ0n) is 17.1. The van der Waals surface area contributed by atoms with Gasteiger partial charge in [0.25, 0.3) is 5.69 Å². The van der Waals surface area contributed by atoms with Crippen molar-refractivity contribution < 1.29 is 30.7 Å². The molecule has 0 aliphatic rings. The molecule has 170 valence electrons. The van der Waals surface area contributed by atoms with Crippen LogP contribution in [0, 0.1) is 17.5 Å². The Hall–Kier alpha value is -2.16. The van der Waals surface area contributed by atoms with Gasteiger partial charge >= 0.3 is 27.0 Å². The van der Waals surface area contributed by atoms with E-state index in [0.717, 1.165) is 0 Å². The summed E-state index contributed by atoms with van der Waals surface area (Å²) in [6, 6.07) is 21.4. The Morgan fingerprint density at radius 1 is 0.906 bits per heavy atom. The molecule has 0 radical (unpaired) electrons. The first-order chi connectivity index (χ1) is 14.9. The minimum atomic E-state index is -4.09. The molecule has 3 rings (SSSR count). The summed E-state index contributed by atoms with van der Waals surface area (Å²) < 4.78 is 29.7. The van der Waals surface area contributed by atoms with Crippen molar-refractivity contribution in [1.82, 2.24) is 0 Å². The summed E-state index contributed by atoms with van der Waals surface area (Å²) in [4.78, 5) is 10.6.